The molecule has 0 radical (unpaired) electrons. The Hall–Kier alpha value is -1.96. The molecule has 0 aliphatic rings. The predicted octanol–water partition coefficient (Wildman–Crippen LogP) is 1.58. The van der Waals surface area contributed by atoms with Crippen molar-refractivity contribution < 1.29 is 17.9 Å². The molecule has 0 aromatic heterocycles. The van der Waals surface area contributed by atoms with Crippen LogP contribution in [0.4, 0.5) is 10.1 Å². The maximum Gasteiger partial charge on any atom is 0.238 e. The number of benzene rings is 2. The molecule has 0 aliphatic carbocycles. The summed E-state index contributed by atoms with van der Waals surface area (Å²) in [5.41, 5.74) is 1.81. The van der Waals surface area contributed by atoms with Gasteiger partial charge in [-0.15, -0.1) is 0 Å². The van der Waals surface area contributed by atoms with Crippen LogP contribution in [-0.2, 0) is 23.2 Å². The minimum absolute atomic E-state index is 0.0642. The van der Waals surface area contributed by atoms with Gasteiger partial charge < -0.3 is 10.4 Å². The highest BCUT2D eigenvalue weighted by Crippen LogP contribution is 2.19. The zero-order valence-electron chi connectivity index (χ0n) is 11.1. The first-order valence-electron chi connectivity index (χ1n) is 6.15. The zero-order chi connectivity index (χ0) is 15.5. The van der Waals surface area contributed by atoms with Crippen molar-refractivity contribution in [2.75, 3.05) is 5.32 Å². The molecule has 0 saturated carbocycles. The Labute approximate surface area is 122 Å². The van der Waals surface area contributed by atoms with Crippen molar-refractivity contribution in [3.63, 3.8) is 0 Å². The van der Waals surface area contributed by atoms with E-state index in [0.717, 1.165) is 17.2 Å². The van der Waals surface area contributed by atoms with Crippen molar-refractivity contribution in [3.05, 3.63) is 59.4 Å². The number of aliphatic hydroxyl groups is 1. The Morgan fingerprint density at radius 3 is 2.48 bits per heavy atom. The minimum Gasteiger partial charge on any atom is -0.392 e. The standard InChI is InChI=1S/C14H15FN2O3S/c15-13-7-12(21(16,19)20)4-5-14(13)17-8-10-2-1-3-11(6-10)9-18/h1-7,17-18H,8-9H2,(H2,16,19,20). The summed E-state index contributed by atoms with van der Waals surface area (Å²) in [6.07, 6.45) is 0. The van der Waals surface area contributed by atoms with Crippen LogP contribution in [0.2, 0.25) is 0 Å². The lowest BCUT2D eigenvalue weighted by atomic mass is 10.1. The van der Waals surface area contributed by atoms with Crippen molar-refractivity contribution in [1.82, 2.24) is 0 Å². The van der Waals surface area contributed by atoms with E-state index in [-0.39, 0.29) is 17.2 Å². The van der Waals surface area contributed by atoms with Crippen LogP contribution in [0.1, 0.15) is 11.1 Å². The molecule has 2 aromatic carbocycles. The molecule has 7 heteroatoms. The largest absolute Gasteiger partial charge is 0.392 e. The maximum absolute atomic E-state index is 13.8. The second-order valence-electron chi connectivity index (χ2n) is 4.52. The molecule has 0 fully saturated rings. The molecule has 0 aliphatic heterocycles. The first-order chi connectivity index (χ1) is 9.90. The third-order valence-electron chi connectivity index (χ3n) is 2.93. The van der Waals surface area contributed by atoms with Gasteiger partial charge in [0.25, 0.3) is 0 Å². The van der Waals surface area contributed by atoms with E-state index >= 15 is 0 Å². The van der Waals surface area contributed by atoms with Gasteiger partial charge in [-0.25, -0.2) is 17.9 Å². The Morgan fingerprint density at radius 2 is 1.86 bits per heavy atom. The van der Waals surface area contributed by atoms with Gasteiger partial charge in [0.2, 0.25) is 10.0 Å². The van der Waals surface area contributed by atoms with Crippen LogP contribution in [0, 0.1) is 5.82 Å². The van der Waals surface area contributed by atoms with E-state index in [1.807, 2.05) is 6.07 Å². The van der Waals surface area contributed by atoms with E-state index in [0.29, 0.717) is 6.54 Å². The fourth-order valence-corrected chi connectivity index (χ4v) is 2.38. The van der Waals surface area contributed by atoms with Gasteiger partial charge in [-0.2, -0.15) is 0 Å². The predicted molar refractivity (Wildman–Crippen MR) is 77.5 cm³/mol. The van der Waals surface area contributed by atoms with Gasteiger partial charge in [0.1, 0.15) is 5.82 Å². The molecule has 0 atom stereocenters. The number of nitrogens with one attached hydrogen (secondary N) is 1. The van der Waals surface area contributed by atoms with Gasteiger partial charge in [0.05, 0.1) is 17.2 Å². The molecule has 21 heavy (non-hydrogen) atoms. The topological polar surface area (TPSA) is 92.4 Å². The summed E-state index contributed by atoms with van der Waals surface area (Å²) in [5, 5.41) is 16.9. The van der Waals surface area contributed by atoms with Gasteiger partial charge in [-0.3, -0.25) is 0 Å². The Bertz CT molecular complexity index is 748. The van der Waals surface area contributed by atoms with E-state index in [1.165, 1.54) is 12.1 Å². The molecular formula is C14H15FN2O3S. The average Bonchev–Trinajstić information content (AvgIpc) is 2.45. The maximum atomic E-state index is 13.8. The number of hydrogen-bond donors (Lipinski definition) is 3. The number of hydrogen-bond acceptors (Lipinski definition) is 4. The number of sulfonamides is 1. The van der Waals surface area contributed by atoms with Gasteiger partial charge in [0, 0.05) is 6.54 Å². The fourth-order valence-electron chi connectivity index (χ4n) is 1.85. The molecule has 0 unspecified atom stereocenters. The lowest BCUT2D eigenvalue weighted by Crippen LogP contribution is -2.12. The van der Waals surface area contributed by atoms with Crippen molar-refractivity contribution in [3.8, 4) is 0 Å². The van der Waals surface area contributed by atoms with Gasteiger partial charge in [-0.05, 0) is 29.3 Å². The van der Waals surface area contributed by atoms with E-state index < -0.39 is 15.8 Å². The van der Waals surface area contributed by atoms with Crippen LogP contribution in [0.15, 0.2) is 47.4 Å². The Morgan fingerprint density at radius 1 is 1.14 bits per heavy atom. The van der Waals surface area contributed by atoms with Gasteiger partial charge in [0.15, 0.2) is 0 Å². The quantitative estimate of drug-likeness (QED) is 0.781. The lowest BCUT2D eigenvalue weighted by Gasteiger charge is -2.09. The molecular weight excluding hydrogens is 295 g/mol. The number of aliphatic hydroxyl groups excluding tert-OH is 1. The molecule has 0 heterocycles. The Balaban J connectivity index is 2.13. The van der Waals surface area contributed by atoms with Gasteiger partial charge in [-0.1, -0.05) is 24.3 Å². The molecule has 0 spiro atoms. The Kier molecular flexibility index (Phi) is 4.56. The summed E-state index contributed by atoms with van der Waals surface area (Å²) in [7, 11) is -3.91. The van der Waals surface area contributed by atoms with Crippen LogP contribution in [0.3, 0.4) is 0 Å². The first kappa shape index (κ1) is 15.4. The normalized spacial score (nSPS) is 11.4. The van der Waals surface area contributed by atoms with Crippen molar-refractivity contribution in [1.29, 1.82) is 0 Å². The van der Waals surface area contributed by atoms with E-state index in [4.69, 9.17) is 10.2 Å². The lowest BCUT2D eigenvalue weighted by molar-refractivity contribution is 0.281. The second kappa shape index (κ2) is 6.21. The van der Waals surface area contributed by atoms with Crippen molar-refractivity contribution in [2.45, 2.75) is 18.0 Å². The summed E-state index contributed by atoms with van der Waals surface area (Å²) in [4.78, 5) is -0.271. The molecule has 2 rings (SSSR count). The molecule has 0 saturated heterocycles. The van der Waals surface area contributed by atoms with Crippen LogP contribution in [0.25, 0.3) is 0 Å². The molecule has 2 aromatic rings. The molecule has 4 N–H and O–H groups in total. The average molecular weight is 310 g/mol. The number of nitrogens with two attached hydrogens (primary N) is 1. The van der Waals surface area contributed by atoms with Gasteiger partial charge >= 0.3 is 0 Å². The van der Waals surface area contributed by atoms with Crippen LogP contribution >= 0.6 is 0 Å². The highest BCUT2D eigenvalue weighted by Gasteiger charge is 2.11. The molecule has 112 valence electrons. The number of primary sulfonamides is 1. The molecule has 0 bridgehead atoms. The third kappa shape index (κ3) is 4.01. The van der Waals surface area contributed by atoms with E-state index in [2.05, 4.69) is 5.32 Å². The summed E-state index contributed by atoms with van der Waals surface area (Å²) >= 11 is 0. The zero-order valence-corrected chi connectivity index (χ0v) is 11.9. The number of halogens is 1. The molecule has 5 nitrogen and oxygen atoms in total. The number of rotatable bonds is 5. The highest BCUT2D eigenvalue weighted by atomic mass is 32.2. The fraction of sp³-hybridized carbons (Fsp3) is 0.143. The smallest absolute Gasteiger partial charge is 0.238 e. The first-order valence-corrected chi connectivity index (χ1v) is 7.69. The van der Waals surface area contributed by atoms with E-state index in [9.17, 15) is 12.8 Å². The van der Waals surface area contributed by atoms with Crippen molar-refractivity contribution in [2.24, 2.45) is 5.14 Å². The second-order valence-corrected chi connectivity index (χ2v) is 6.08. The highest BCUT2D eigenvalue weighted by molar-refractivity contribution is 7.89. The molecule has 0 amide bonds. The monoisotopic (exact) mass is 310 g/mol. The third-order valence-corrected chi connectivity index (χ3v) is 3.84. The van der Waals surface area contributed by atoms with Crippen LogP contribution < -0.4 is 10.5 Å². The summed E-state index contributed by atoms with van der Waals surface area (Å²) in [6, 6.07) is 10.7. The summed E-state index contributed by atoms with van der Waals surface area (Å²) < 4.78 is 36.0. The van der Waals surface area contributed by atoms with Crippen molar-refractivity contribution >= 4 is 15.7 Å². The minimum atomic E-state index is -3.91. The van der Waals surface area contributed by atoms with E-state index in [1.54, 1.807) is 18.2 Å². The SMILES string of the molecule is NS(=O)(=O)c1ccc(NCc2cccc(CO)c2)c(F)c1. The summed E-state index contributed by atoms with van der Waals surface area (Å²) in [6.45, 7) is 0.282. The van der Waals surface area contributed by atoms with Crippen LogP contribution in [0.5, 0.6) is 0 Å². The van der Waals surface area contributed by atoms with Crippen LogP contribution in [-0.4, -0.2) is 13.5 Å². The number of anilines is 1. The summed E-state index contributed by atoms with van der Waals surface area (Å²) in [5.74, 6) is -0.695.